The van der Waals surface area contributed by atoms with Crippen molar-refractivity contribution in [2.45, 2.75) is 14.9 Å². The molecule has 6 rings (SSSR count). The third-order valence-corrected chi connectivity index (χ3v) is 4.73. The van der Waals surface area contributed by atoms with Crippen LogP contribution in [-0.4, -0.2) is 0 Å². The molecule has 0 aliphatic carbocycles. The summed E-state index contributed by atoms with van der Waals surface area (Å²) >= 11 is 3.22. The van der Waals surface area contributed by atoms with Crippen molar-refractivity contribution in [2.75, 3.05) is 0 Å². The second kappa shape index (κ2) is 9.76. The number of rotatable bonds is 0. The summed E-state index contributed by atoms with van der Waals surface area (Å²) in [5, 5.41) is -0.970. The van der Waals surface area contributed by atoms with Crippen molar-refractivity contribution in [1.82, 2.24) is 0 Å². The molecule has 6 aromatic carbocycles. The van der Waals surface area contributed by atoms with Gasteiger partial charge >= 0.3 is 0 Å². The molecule has 0 fully saturated rings. The Labute approximate surface area is 221 Å². The Hall–Kier alpha value is -3.16. The largest absolute Gasteiger partial charge is 1.00 e. The zero-order chi connectivity index (χ0) is 36.2. The highest BCUT2D eigenvalue weighted by Crippen LogP contribution is 2.32. The van der Waals surface area contributed by atoms with Crippen LogP contribution >= 0.6 is 15.9 Å². The van der Waals surface area contributed by atoms with E-state index in [1.807, 2.05) is 0 Å². The molecule has 0 radical (unpaired) electrons. The topological polar surface area (TPSA) is 0 Å². The van der Waals surface area contributed by atoms with E-state index in [4.69, 9.17) is 26.0 Å². The zero-order valence-electron chi connectivity index (χ0n) is 34.4. The molecule has 0 bridgehead atoms. The van der Waals surface area contributed by atoms with Crippen molar-refractivity contribution in [3.8, 4) is 0 Å². The summed E-state index contributed by atoms with van der Waals surface area (Å²) in [7, 11) is 0. The Morgan fingerprint density at radius 2 is 0.710 bits per heavy atom. The summed E-state index contributed by atoms with van der Waals surface area (Å²) in [5.74, 6) is 0. The molecule has 0 amide bonds. The van der Waals surface area contributed by atoms with Crippen LogP contribution in [0.1, 0.15) is 42.3 Å². The van der Waals surface area contributed by atoms with Crippen LogP contribution in [0.25, 0.3) is 43.1 Å². The Morgan fingerprint density at radius 3 is 1.06 bits per heavy atom. The van der Waals surface area contributed by atoms with Crippen LogP contribution in [0.4, 0.5) is 0 Å². The molecule has 0 atom stereocenters. The number of halogens is 1. The average Bonchev–Trinajstić information content (AvgIpc) is 3.05. The molecule has 0 aliphatic heterocycles. The van der Waals surface area contributed by atoms with E-state index in [2.05, 4.69) is 15.9 Å². The maximum absolute atomic E-state index is 8.32. The SMILES string of the molecule is C.C.[2H]c1c([2H])c([2H])c2c(Br)c3c([2H])c([2H])c([2H])c([2H])c3c([2H])c2c1[2H].[2H]c1c([2H])c([2H])c2c([2H])c3c([2H])c([2H])c([2H])c([2H])c3c([2H])c2c1[2H].[H-]. The summed E-state index contributed by atoms with van der Waals surface area (Å²) in [5.41, 5.74) is 0. The van der Waals surface area contributed by atoms with Crippen molar-refractivity contribution in [3.63, 3.8) is 0 Å². The molecule has 0 aliphatic rings. The lowest BCUT2D eigenvalue weighted by atomic mass is 10.0. The van der Waals surface area contributed by atoms with E-state index < -0.39 is 96.7 Å². The molecule has 0 saturated carbocycles. The van der Waals surface area contributed by atoms with Gasteiger partial charge in [-0.2, -0.15) is 0 Å². The highest BCUT2D eigenvalue weighted by Gasteiger charge is 2.03. The standard InChI is InChI=1S/C14H9Br.C14H10.2CH4.H/c15-14-12-7-3-1-5-10(12)9-11-6-2-4-8-13(11)14;1-2-6-12-10-14-8-4-3-7-13(14)9-11(12)5-1;;;/h1-9H;1-10H;2*1H4;/q;;;;-1/i1D,2D,3D,4D,5D,6D,7D,8D,9D;1D,2D,3D,4D,5D,6D,7D,8D,9D,10D;;;. The number of benzene rings is 6. The van der Waals surface area contributed by atoms with Crippen molar-refractivity contribution in [2.24, 2.45) is 0 Å². The molecule has 6 aromatic rings. The lowest BCUT2D eigenvalue weighted by molar-refractivity contribution is 1.74. The van der Waals surface area contributed by atoms with Crippen LogP contribution in [0.15, 0.2) is 119 Å². The van der Waals surface area contributed by atoms with Gasteiger partial charge < -0.3 is 1.43 Å². The van der Waals surface area contributed by atoms with Gasteiger partial charge in [0.05, 0.1) is 26.0 Å². The van der Waals surface area contributed by atoms with Gasteiger partial charge in [-0.3, -0.25) is 0 Å². The van der Waals surface area contributed by atoms with Gasteiger partial charge in [-0.1, -0.05) is 112 Å². The number of fused-ring (bicyclic) bond motifs is 4. The smallest absolute Gasteiger partial charge is 0.0636 e. The highest BCUT2D eigenvalue weighted by molar-refractivity contribution is 9.10. The Bertz CT molecular complexity index is 1960. The van der Waals surface area contributed by atoms with Crippen LogP contribution in [0.3, 0.4) is 0 Å². The van der Waals surface area contributed by atoms with E-state index in [-0.39, 0.29) is 82.0 Å². The lowest BCUT2D eigenvalue weighted by Crippen LogP contribution is -1.78. The van der Waals surface area contributed by atoms with Crippen LogP contribution in [0, 0.1) is 0 Å². The highest BCUT2D eigenvalue weighted by atomic mass is 79.9. The molecular weight excluding hydrogens is 440 g/mol. The fraction of sp³-hybridized carbons (Fsp3) is 0.0667. The Morgan fingerprint density at radius 1 is 0.452 bits per heavy atom. The fourth-order valence-corrected chi connectivity index (χ4v) is 3.24. The van der Waals surface area contributed by atoms with E-state index in [1.54, 1.807) is 0 Å². The minimum absolute atomic E-state index is 0. The van der Waals surface area contributed by atoms with Gasteiger partial charge in [0.15, 0.2) is 0 Å². The zero-order valence-corrected chi connectivity index (χ0v) is 16.0. The van der Waals surface area contributed by atoms with Gasteiger partial charge in [-0.05, 0) is 77.1 Å². The number of hydrogen-bond donors (Lipinski definition) is 0. The molecule has 0 aromatic heterocycles. The fourth-order valence-electron chi connectivity index (χ4n) is 2.64. The van der Waals surface area contributed by atoms with Crippen LogP contribution in [-0.2, 0) is 0 Å². The van der Waals surface area contributed by atoms with Crippen LogP contribution in [0.5, 0.6) is 0 Å². The predicted octanol–water partition coefficient (Wildman–Crippen LogP) is 10.1. The van der Waals surface area contributed by atoms with Gasteiger partial charge in [-0.25, -0.2) is 0 Å². The number of hydrogen-bond acceptors (Lipinski definition) is 0. The van der Waals surface area contributed by atoms with Crippen molar-refractivity contribution in [1.29, 1.82) is 0 Å². The first-order chi connectivity index (χ1) is 22.2. The average molecular weight is 488 g/mol. The summed E-state index contributed by atoms with van der Waals surface area (Å²) in [6.07, 6.45) is 0. The minimum atomic E-state index is -0.555. The minimum Gasteiger partial charge on any atom is -1.00 e. The van der Waals surface area contributed by atoms with Gasteiger partial charge in [0.2, 0.25) is 0 Å². The second-order valence-corrected chi connectivity index (χ2v) is 6.48. The second-order valence-electron chi connectivity index (χ2n) is 5.69. The van der Waals surface area contributed by atoms with Crippen LogP contribution in [0.2, 0.25) is 0 Å². The predicted molar refractivity (Wildman–Crippen MR) is 145 cm³/mol. The quantitative estimate of drug-likeness (QED) is 0.187. The van der Waals surface area contributed by atoms with Crippen LogP contribution < -0.4 is 0 Å². The molecule has 156 valence electrons. The third-order valence-electron chi connectivity index (χ3n) is 3.94. The monoisotopic (exact) mass is 486 g/mol. The van der Waals surface area contributed by atoms with E-state index >= 15 is 0 Å². The maximum Gasteiger partial charge on any atom is 0.0636 e. The molecule has 0 heterocycles. The van der Waals surface area contributed by atoms with E-state index in [1.165, 1.54) is 0 Å². The molecule has 0 N–H and O–H groups in total. The summed E-state index contributed by atoms with van der Waals surface area (Å²) in [6, 6.07) is -8.90. The Balaban J connectivity index is 0.000000334. The maximum atomic E-state index is 8.32. The van der Waals surface area contributed by atoms with Crippen molar-refractivity contribution < 1.29 is 27.5 Å². The van der Waals surface area contributed by atoms with Gasteiger partial charge in [-0.15, -0.1) is 0 Å². The van der Waals surface area contributed by atoms with Gasteiger partial charge in [0, 0.05) is 4.47 Å². The summed E-state index contributed by atoms with van der Waals surface area (Å²) in [4.78, 5) is 0. The van der Waals surface area contributed by atoms with E-state index in [9.17, 15) is 0 Å². The molecular formula is C30H28Br-. The first kappa shape index (κ1) is 8.41. The van der Waals surface area contributed by atoms with E-state index in [0.29, 0.717) is 0 Å². The molecule has 0 unspecified atom stereocenters. The Kier molecular flexibility index (Phi) is 2.65. The van der Waals surface area contributed by atoms with Crippen molar-refractivity contribution in [3.05, 3.63) is 119 Å². The summed E-state index contributed by atoms with van der Waals surface area (Å²) in [6.45, 7) is 0. The van der Waals surface area contributed by atoms with E-state index in [0.717, 1.165) is 0 Å². The van der Waals surface area contributed by atoms with Gasteiger partial charge in [0.25, 0.3) is 0 Å². The van der Waals surface area contributed by atoms with Gasteiger partial charge in [0.1, 0.15) is 0 Å². The first-order valence-electron chi connectivity index (χ1n) is 17.7. The third kappa shape index (κ3) is 4.47. The molecule has 1 heteroatoms. The van der Waals surface area contributed by atoms with Crippen molar-refractivity contribution >= 4 is 59.0 Å². The normalized spacial score (nSPS) is 18.8. The first-order valence-corrected chi connectivity index (χ1v) is 8.98. The molecule has 31 heavy (non-hydrogen) atoms. The molecule has 0 spiro atoms. The molecule has 0 nitrogen and oxygen atoms in total. The summed E-state index contributed by atoms with van der Waals surface area (Å²) < 4.78 is 151. The molecule has 0 saturated heterocycles. The lowest BCUT2D eigenvalue weighted by Gasteiger charge is -2.05.